The van der Waals surface area contributed by atoms with Crippen molar-refractivity contribution in [2.75, 3.05) is 36.4 Å². The fourth-order valence-corrected chi connectivity index (χ4v) is 4.38. The van der Waals surface area contributed by atoms with Crippen LogP contribution in [-0.2, 0) is 0 Å². The number of amides is 1. The van der Waals surface area contributed by atoms with Crippen LogP contribution in [0.25, 0.3) is 11.3 Å². The largest absolute Gasteiger partial charge is 0.369 e. The average Bonchev–Trinajstić information content (AvgIpc) is 2.79. The number of benzene rings is 2. The molecule has 1 amide bonds. The maximum atomic E-state index is 12.0. The van der Waals surface area contributed by atoms with Crippen LogP contribution in [0.2, 0.25) is 0 Å². The minimum atomic E-state index is -0.541. The van der Waals surface area contributed by atoms with Gasteiger partial charge in [-0.15, -0.1) is 0 Å². The second-order valence-electron chi connectivity index (χ2n) is 8.88. The summed E-state index contributed by atoms with van der Waals surface area (Å²) in [6.45, 7) is 12.7. The Labute approximate surface area is 195 Å². The van der Waals surface area contributed by atoms with E-state index in [4.69, 9.17) is 5.73 Å². The summed E-state index contributed by atoms with van der Waals surface area (Å²) in [4.78, 5) is 26.0. The molecule has 1 aromatic heterocycles. The first-order chi connectivity index (χ1) is 15.8. The fourth-order valence-electron chi connectivity index (χ4n) is 4.38. The van der Waals surface area contributed by atoms with E-state index in [0.29, 0.717) is 23.2 Å². The summed E-state index contributed by atoms with van der Waals surface area (Å²) in [5.41, 5.74) is 11.6. The Kier molecular flexibility index (Phi) is 6.60. The highest BCUT2D eigenvalue weighted by Gasteiger charge is 2.20. The zero-order chi connectivity index (χ0) is 23.5. The maximum Gasteiger partial charge on any atom is 0.252 e. The Morgan fingerprint density at radius 3 is 2.21 bits per heavy atom. The third-order valence-electron chi connectivity index (χ3n) is 6.31. The second kappa shape index (κ2) is 9.58. The van der Waals surface area contributed by atoms with Crippen LogP contribution in [0.5, 0.6) is 0 Å². The zero-order valence-electron chi connectivity index (χ0n) is 19.8. The molecule has 7 heteroatoms. The van der Waals surface area contributed by atoms with Crippen LogP contribution in [0.1, 0.15) is 35.3 Å². The lowest BCUT2D eigenvalue weighted by Gasteiger charge is -2.38. The fraction of sp³-hybridized carbons (Fsp3) is 0.346. The smallest absolute Gasteiger partial charge is 0.252 e. The van der Waals surface area contributed by atoms with Gasteiger partial charge in [0.05, 0.1) is 11.3 Å². The van der Waals surface area contributed by atoms with E-state index < -0.39 is 5.91 Å². The van der Waals surface area contributed by atoms with Gasteiger partial charge in [0.2, 0.25) is 5.95 Å². The Hall–Kier alpha value is -3.45. The molecule has 0 spiro atoms. The van der Waals surface area contributed by atoms with Crippen molar-refractivity contribution in [1.82, 2.24) is 14.9 Å². The van der Waals surface area contributed by atoms with Gasteiger partial charge in [-0.2, -0.15) is 0 Å². The zero-order valence-corrected chi connectivity index (χ0v) is 19.8. The van der Waals surface area contributed by atoms with Gasteiger partial charge in [0.1, 0.15) is 0 Å². The monoisotopic (exact) mass is 444 g/mol. The number of hydrogen-bond acceptors (Lipinski definition) is 6. The highest BCUT2D eigenvalue weighted by atomic mass is 16.1. The number of primary amides is 1. The summed E-state index contributed by atoms with van der Waals surface area (Å²) < 4.78 is 0. The van der Waals surface area contributed by atoms with Gasteiger partial charge in [-0.3, -0.25) is 9.69 Å². The first-order valence-corrected chi connectivity index (χ1v) is 11.4. The van der Waals surface area contributed by atoms with Crippen molar-refractivity contribution in [1.29, 1.82) is 0 Å². The highest BCUT2D eigenvalue weighted by Crippen LogP contribution is 2.29. The Morgan fingerprint density at radius 1 is 1.00 bits per heavy atom. The van der Waals surface area contributed by atoms with Crippen LogP contribution >= 0.6 is 0 Å². The highest BCUT2D eigenvalue weighted by molar-refractivity contribution is 5.99. The predicted molar refractivity (Wildman–Crippen MR) is 134 cm³/mol. The van der Waals surface area contributed by atoms with Gasteiger partial charge in [-0.05, 0) is 63.1 Å². The number of aryl methyl sites for hydroxylation is 2. The Bertz CT molecular complexity index is 1110. The molecular weight excluding hydrogens is 412 g/mol. The van der Waals surface area contributed by atoms with E-state index in [1.807, 2.05) is 44.2 Å². The topological polar surface area (TPSA) is 87.4 Å². The third kappa shape index (κ3) is 4.98. The minimum Gasteiger partial charge on any atom is -0.369 e. The standard InChI is InChI=1S/C26H32N6O/c1-17(2)31-12-14-32(15-13-31)21-10-8-20(9-11-21)29-26-28-16-22(25(27)33)24(30-26)23-18(3)6-5-7-19(23)4/h5-11,16-17H,12-15H2,1-4H3,(H2,27,33)(H,28,29,30). The Balaban J connectivity index is 1.54. The normalized spacial score (nSPS) is 14.5. The van der Waals surface area contributed by atoms with Crippen LogP contribution in [0.4, 0.5) is 17.3 Å². The lowest BCUT2D eigenvalue weighted by molar-refractivity contribution is 0.100. The van der Waals surface area contributed by atoms with E-state index in [2.05, 4.69) is 51.1 Å². The number of nitrogens with one attached hydrogen (secondary N) is 1. The van der Waals surface area contributed by atoms with E-state index in [9.17, 15) is 4.79 Å². The van der Waals surface area contributed by atoms with Gasteiger partial charge >= 0.3 is 0 Å². The van der Waals surface area contributed by atoms with E-state index >= 15 is 0 Å². The van der Waals surface area contributed by atoms with Crippen molar-refractivity contribution in [3.8, 4) is 11.3 Å². The molecule has 0 saturated carbocycles. The minimum absolute atomic E-state index is 0.314. The van der Waals surface area contributed by atoms with Gasteiger partial charge in [0.25, 0.3) is 5.91 Å². The van der Waals surface area contributed by atoms with E-state index in [1.54, 1.807) is 0 Å². The summed E-state index contributed by atoms with van der Waals surface area (Å²) in [7, 11) is 0. The molecule has 2 aromatic carbocycles. The molecule has 0 unspecified atom stereocenters. The predicted octanol–water partition coefficient (Wildman–Crippen LogP) is 4.13. The molecule has 0 aliphatic carbocycles. The van der Waals surface area contributed by atoms with Crippen LogP contribution < -0.4 is 16.0 Å². The van der Waals surface area contributed by atoms with Crippen molar-refractivity contribution >= 4 is 23.2 Å². The molecule has 2 heterocycles. The van der Waals surface area contributed by atoms with Crippen LogP contribution in [-0.4, -0.2) is 53.0 Å². The molecule has 1 fully saturated rings. The molecule has 0 radical (unpaired) electrons. The summed E-state index contributed by atoms with van der Waals surface area (Å²) in [6, 6.07) is 14.9. The molecule has 172 valence electrons. The van der Waals surface area contributed by atoms with Gasteiger partial charge in [-0.25, -0.2) is 9.97 Å². The summed E-state index contributed by atoms with van der Waals surface area (Å²) in [6.07, 6.45) is 1.50. The number of aromatic nitrogens is 2. The maximum absolute atomic E-state index is 12.0. The lowest BCUT2D eigenvalue weighted by atomic mass is 9.97. The van der Waals surface area contributed by atoms with Crippen LogP contribution in [0.3, 0.4) is 0 Å². The lowest BCUT2D eigenvalue weighted by Crippen LogP contribution is -2.48. The average molecular weight is 445 g/mol. The van der Waals surface area contributed by atoms with E-state index in [-0.39, 0.29) is 0 Å². The van der Waals surface area contributed by atoms with Gasteiger partial charge in [0, 0.05) is 55.4 Å². The molecule has 1 aliphatic rings. The quantitative estimate of drug-likeness (QED) is 0.594. The molecule has 1 saturated heterocycles. The first kappa shape index (κ1) is 22.7. The SMILES string of the molecule is Cc1cccc(C)c1-c1nc(Nc2ccc(N3CCN(C(C)C)CC3)cc2)ncc1C(N)=O. The number of hydrogen-bond donors (Lipinski definition) is 2. The number of nitrogens with zero attached hydrogens (tertiary/aromatic N) is 4. The third-order valence-corrected chi connectivity index (χ3v) is 6.31. The molecule has 1 aliphatic heterocycles. The second-order valence-corrected chi connectivity index (χ2v) is 8.88. The number of carbonyl (C=O) groups excluding carboxylic acids is 1. The molecule has 0 atom stereocenters. The Morgan fingerprint density at radius 2 is 1.64 bits per heavy atom. The molecule has 33 heavy (non-hydrogen) atoms. The van der Waals surface area contributed by atoms with E-state index in [0.717, 1.165) is 48.6 Å². The number of rotatable bonds is 6. The van der Waals surface area contributed by atoms with Crippen LogP contribution in [0, 0.1) is 13.8 Å². The van der Waals surface area contributed by atoms with Gasteiger partial charge in [-0.1, -0.05) is 18.2 Å². The van der Waals surface area contributed by atoms with Crippen molar-refractivity contribution in [3.63, 3.8) is 0 Å². The molecular formula is C26H32N6O. The summed E-state index contributed by atoms with van der Waals surface area (Å²) in [5, 5.41) is 3.27. The van der Waals surface area contributed by atoms with Crippen molar-refractivity contribution in [2.24, 2.45) is 5.73 Å². The van der Waals surface area contributed by atoms with Crippen molar-refractivity contribution in [3.05, 3.63) is 65.4 Å². The van der Waals surface area contributed by atoms with Crippen molar-refractivity contribution in [2.45, 2.75) is 33.7 Å². The van der Waals surface area contributed by atoms with E-state index in [1.165, 1.54) is 11.9 Å². The molecule has 3 N–H and O–H groups in total. The van der Waals surface area contributed by atoms with Crippen LogP contribution in [0.15, 0.2) is 48.7 Å². The first-order valence-electron chi connectivity index (χ1n) is 11.4. The summed E-state index contributed by atoms with van der Waals surface area (Å²) in [5.74, 6) is -0.114. The molecule has 0 bridgehead atoms. The molecule has 7 nitrogen and oxygen atoms in total. The van der Waals surface area contributed by atoms with Crippen molar-refractivity contribution < 1.29 is 4.79 Å². The number of nitrogens with two attached hydrogens (primary N) is 1. The number of piperazine rings is 1. The van der Waals surface area contributed by atoms with Gasteiger partial charge in [0.15, 0.2) is 0 Å². The molecule has 4 rings (SSSR count). The van der Waals surface area contributed by atoms with Gasteiger partial charge < -0.3 is 16.0 Å². The summed E-state index contributed by atoms with van der Waals surface area (Å²) >= 11 is 0. The molecule has 3 aromatic rings. The number of carbonyl (C=O) groups is 1. The number of anilines is 3.